The molecule has 1 aromatic heterocycles. The van der Waals surface area contributed by atoms with Crippen LogP contribution in [0.15, 0.2) is 48.8 Å². The second kappa shape index (κ2) is 8.47. The van der Waals surface area contributed by atoms with E-state index in [1.54, 1.807) is 24.4 Å². The molecule has 6 heteroatoms. The maximum absolute atomic E-state index is 12.4. The van der Waals surface area contributed by atoms with E-state index < -0.39 is 0 Å². The summed E-state index contributed by atoms with van der Waals surface area (Å²) in [5.74, 6) is 0.491. The molecular weight excluding hydrogens is 330 g/mol. The van der Waals surface area contributed by atoms with E-state index in [0.717, 1.165) is 23.3 Å². The summed E-state index contributed by atoms with van der Waals surface area (Å²) in [7, 11) is 1.63. The number of pyridine rings is 1. The van der Waals surface area contributed by atoms with Gasteiger partial charge in [-0.3, -0.25) is 14.6 Å². The number of benzene rings is 1. The first-order chi connectivity index (χ1) is 12.7. The largest absolute Gasteiger partial charge is 0.497 e. The molecule has 1 unspecified atom stereocenters. The van der Waals surface area contributed by atoms with Gasteiger partial charge in [-0.05, 0) is 41.8 Å². The van der Waals surface area contributed by atoms with Gasteiger partial charge in [0.25, 0.3) is 0 Å². The van der Waals surface area contributed by atoms with E-state index in [1.165, 1.54) is 0 Å². The zero-order valence-corrected chi connectivity index (χ0v) is 14.9. The molecule has 1 fully saturated rings. The Morgan fingerprint density at radius 1 is 1.27 bits per heavy atom. The predicted molar refractivity (Wildman–Crippen MR) is 97.5 cm³/mol. The summed E-state index contributed by atoms with van der Waals surface area (Å²) in [6.45, 7) is 1.53. The molecule has 1 aliphatic heterocycles. The molecule has 136 valence electrons. The third-order valence-corrected chi connectivity index (χ3v) is 4.56. The van der Waals surface area contributed by atoms with Crippen molar-refractivity contribution in [3.8, 4) is 5.75 Å². The maximum atomic E-state index is 12.4. The van der Waals surface area contributed by atoms with Crippen molar-refractivity contribution >= 4 is 11.8 Å². The monoisotopic (exact) mass is 353 g/mol. The first-order valence-corrected chi connectivity index (χ1v) is 8.73. The van der Waals surface area contributed by atoms with Gasteiger partial charge >= 0.3 is 0 Å². The highest BCUT2D eigenvalue weighted by atomic mass is 16.5. The summed E-state index contributed by atoms with van der Waals surface area (Å²) in [6, 6.07) is 11.6. The molecule has 6 nitrogen and oxygen atoms in total. The first kappa shape index (κ1) is 17.9. The van der Waals surface area contributed by atoms with Crippen molar-refractivity contribution in [1.29, 1.82) is 0 Å². The molecule has 0 radical (unpaired) electrons. The van der Waals surface area contributed by atoms with Crippen LogP contribution in [0.25, 0.3) is 0 Å². The van der Waals surface area contributed by atoms with Crippen molar-refractivity contribution in [2.45, 2.75) is 19.4 Å². The van der Waals surface area contributed by atoms with Gasteiger partial charge in [-0.25, -0.2) is 0 Å². The number of likely N-dealkylation sites (tertiary alicyclic amines) is 1. The predicted octanol–water partition coefficient (Wildman–Crippen LogP) is 1.80. The van der Waals surface area contributed by atoms with E-state index in [9.17, 15) is 9.59 Å². The van der Waals surface area contributed by atoms with E-state index in [-0.39, 0.29) is 24.2 Å². The number of hydrogen-bond acceptors (Lipinski definition) is 4. The maximum Gasteiger partial charge on any atom is 0.225 e. The minimum absolute atomic E-state index is 0.0229. The third-order valence-electron chi connectivity index (χ3n) is 4.56. The summed E-state index contributed by atoms with van der Waals surface area (Å²) >= 11 is 0. The first-order valence-electron chi connectivity index (χ1n) is 8.73. The smallest absolute Gasteiger partial charge is 0.225 e. The van der Waals surface area contributed by atoms with Crippen LogP contribution in [0, 0.1) is 5.92 Å². The van der Waals surface area contributed by atoms with Crippen LogP contribution in [0.2, 0.25) is 0 Å². The number of nitrogens with one attached hydrogen (secondary N) is 1. The molecule has 2 aromatic rings. The lowest BCUT2D eigenvalue weighted by molar-refractivity contribution is -0.129. The summed E-state index contributed by atoms with van der Waals surface area (Å²) < 4.78 is 5.20. The van der Waals surface area contributed by atoms with Crippen molar-refractivity contribution in [1.82, 2.24) is 15.2 Å². The SMILES string of the molecule is COc1cccc(CCNC(=O)C2CC(=O)N(Cc3ccncc3)C2)c1. The van der Waals surface area contributed by atoms with E-state index >= 15 is 0 Å². The van der Waals surface area contributed by atoms with Gasteiger partial charge in [-0.15, -0.1) is 0 Å². The second-order valence-corrected chi connectivity index (χ2v) is 6.42. The molecule has 1 N–H and O–H groups in total. The van der Waals surface area contributed by atoms with Crippen LogP contribution in [-0.2, 0) is 22.6 Å². The Morgan fingerprint density at radius 3 is 2.85 bits per heavy atom. The summed E-state index contributed by atoms with van der Waals surface area (Å²) in [6.07, 6.45) is 4.41. The lowest BCUT2D eigenvalue weighted by Gasteiger charge is -2.16. The zero-order valence-electron chi connectivity index (χ0n) is 14.9. The van der Waals surface area contributed by atoms with Crippen molar-refractivity contribution in [2.24, 2.45) is 5.92 Å². The molecule has 1 saturated heterocycles. The Kier molecular flexibility index (Phi) is 5.84. The van der Waals surface area contributed by atoms with Crippen LogP contribution in [0.5, 0.6) is 5.75 Å². The van der Waals surface area contributed by atoms with Crippen molar-refractivity contribution in [3.63, 3.8) is 0 Å². The van der Waals surface area contributed by atoms with Gasteiger partial charge in [0.1, 0.15) is 5.75 Å². The Bertz CT molecular complexity index is 764. The molecule has 0 aliphatic carbocycles. The fourth-order valence-electron chi connectivity index (χ4n) is 3.11. The lowest BCUT2D eigenvalue weighted by atomic mass is 10.1. The Hall–Kier alpha value is -2.89. The zero-order chi connectivity index (χ0) is 18.4. The fourth-order valence-corrected chi connectivity index (χ4v) is 3.11. The number of methoxy groups -OCH3 is 1. The van der Waals surface area contributed by atoms with Crippen molar-refractivity contribution in [2.75, 3.05) is 20.2 Å². The number of amides is 2. The van der Waals surface area contributed by atoms with Gasteiger partial charge < -0.3 is 15.0 Å². The average Bonchev–Trinajstić information content (AvgIpc) is 3.03. The van der Waals surface area contributed by atoms with E-state index in [4.69, 9.17) is 4.74 Å². The number of aromatic nitrogens is 1. The Morgan fingerprint density at radius 2 is 2.08 bits per heavy atom. The van der Waals surface area contributed by atoms with Crippen LogP contribution in [0.3, 0.4) is 0 Å². The molecule has 3 rings (SSSR count). The molecule has 0 spiro atoms. The highest BCUT2D eigenvalue weighted by Crippen LogP contribution is 2.20. The number of nitrogens with zero attached hydrogens (tertiary/aromatic N) is 2. The standard InChI is InChI=1S/C20H23N3O3/c1-26-18-4-2-3-15(11-18)7-10-22-20(25)17-12-19(24)23(14-17)13-16-5-8-21-9-6-16/h2-6,8-9,11,17H,7,10,12-14H2,1H3,(H,22,25). The number of hydrogen-bond donors (Lipinski definition) is 1. The molecule has 0 saturated carbocycles. The second-order valence-electron chi connectivity index (χ2n) is 6.42. The van der Waals surface area contributed by atoms with E-state index in [1.807, 2.05) is 36.4 Å². The van der Waals surface area contributed by atoms with Crippen LogP contribution in [0.4, 0.5) is 0 Å². The van der Waals surface area contributed by atoms with Crippen molar-refractivity contribution in [3.05, 3.63) is 59.9 Å². The summed E-state index contributed by atoms with van der Waals surface area (Å²) in [5, 5.41) is 2.95. The minimum Gasteiger partial charge on any atom is -0.497 e. The fraction of sp³-hybridized carbons (Fsp3) is 0.350. The molecule has 1 aliphatic rings. The summed E-state index contributed by atoms with van der Waals surface area (Å²) in [4.78, 5) is 30.3. The molecule has 0 bridgehead atoms. The molecule has 2 amide bonds. The lowest BCUT2D eigenvalue weighted by Crippen LogP contribution is -2.34. The van der Waals surface area contributed by atoms with Gasteiger partial charge in [0.15, 0.2) is 0 Å². The normalized spacial score (nSPS) is 16.6. The van der Waals surface area contributed by atoms with Gasteiger partial charge in [0, 0.05) is 38.4 Å². The van der Waals surface area contributed by atoms with Crippen LogP contribution >= 0.6 is 0 Å². The quantitative estimate of drug-likeness (QED) is 0.824. The van der Waals surface area contributed by atoms with E-state index in [0.29, 0.717) is 19.6 Å². The molecular formula is C20H23N3O3. The van der Waals surface area contributed by atoms with Gasteiger partial charge in [0.05, 0.1) is 13.0 Å². The molecule has 2 heterocycles. The molecule has 1 atom stereocenters. The average molecular weight is 353 g/mol. The molecule has 26 heavy (non-hydrogen) atoms. The highest BCUT2D eigenvalue weighted by molar-refractivity contribution is 5.89. The topological polar surface area (TPSA) is 71.5 Å². The van der Waals surface area contributed by atoms with Gasteiger partial charge in [0.2, 0.25) is 11.8 Å². The third kappa shape index (κ3) is 4.59. The highest BCUT2D eigenvalue weighted by Gasteiger charge is 2.33. The Labute approximate surface area is 153 Å². The Balaban J connectivity index is 1.47. The summed E-state index contributed by atoms with van der Waals surface area (Å²) in [5.41, 5.74) is 2.12. The van der Waals surface area contributed by atoms with Crippen LogP contribution < -0.4 is 10.1 Å². The number of rotatable bonds is 7. The molecule has 1 aromatic carbocycles. The van der Waals surface area contributed by atoms with Crippen molar-refractivity contribution < 1.29 is 14.3 Å². The van der Waals surface area contributed by atoms with E-state index in [2.05, 4.69) is 10.3 Å². The number of carbonyl (C=O) groups excluding carboxylic acids is 2. The van der Waals surface area contributed by atoms with Crippen LogP contribution in [-0.4, -0.2) is 41.9 Å². The van der Waals surface area contributed by atoms with Crippen LogP contribution in [0.1, 0.15) is 17.5 Å². The van der Waals surface area contributed by atoms with Gasteiger partial charge in [-0.1, -0.05) is 12.1 Å². The van der Waals surface area contributed by atoms with Gasteiger partial charge in [-0.2, -0.15) is 0 Å². The minimum atomic E-state index is -0.283. The number of carbonyl (C=O) groups is 2. The number of ether oxygens (including phenoxy) is 1.